The Morgan fingerprint density at radius 2 is 2.28 bits per heavy atom. The molecule has 0 radical (unpaired) electrons. The molecule has 4 nitrogen and oxygen atoms in total. The maximum Gasteiger partial charge on any atom is 0.224 e. The van der Waals surface area contributed by atoms with Crippen LogP contribution in [0.15, 0.2) is 24.4 Å². The van der Waals surface area contributed by atoms with E-state index in [2.05, 4.69) is 5.10 Å². The van der Waals surface area contributed by atoms with Crippen LogP contribution in [0, 0.1) is 0 Å². The first-order valence-corrected chi connectivity index (χ1v) is 5.99. The number of fused-ring (bicyclic) bond motifs is 1. The summed E-state index contributed by atoms with van der Waals surface area (Å²) in [5, 5.41) is 4.42. The number of alkyl halides is 1. The number of nitrogens with zero attached hydrogens (tertiary/aromatic N) is 3. The Morgan fingerprint density at radius 3 is 2.89 bits per heavy atom. The summed E-state index contributed by atoms with van der Waals surface area (Å²) < 4.78 is 14.3. The standard InChI is InChI=1S/C13H16FN3O/c1-3-11-13(16(9-7-14)10(2)18)12-6-4-5-8-17(12)15-11/h4-6,8H,3,7,9H2,1-2H3. The zero-order valence-electron chi connectivity index (χ0n) is 10.6. The molecular weight excluding hydrogens is 233 g/mol. The van der Waals surface area contributed by atoms with Crippen molar-refractivity contribution in [1.29, 1.82) is 0 Å². The minimum Gasteiger partial charge on any atom is -0.306 e. The van der Waals surface area contributed by atoms with Crippen molar-refractivity contribution in [2.75, 3.05) is 18.1 Å². The topological polar surface area (TPSA) is 37.6 Å². The number of anilines is 1. The first-order valence-electron chi connectivity index (χ1n) is 5.99. The van der Waals surface area contributed by atoms with Gasteiger partial charge in [0.1, 0.15) is 6.67 Å². The number of aromatic nitrogens is 2. The van der Waals surface area contributed by atoms with Crippen LogP contribution in [-0.4, -0.2) is 28.7 Å². The normalized spacial score (nSPS) is 10.8. The molecule has 0 atom stereocenters. The summed E-state index contributed by atoms with van der Waals surface area (Å²) in [5.41, 5.74) is 2.37. The molecule has 0 aliphatic rings. The molecule has 0 fully saturated rings. The molecule has 2 rings (SSSR count). The second-order valence-electron chi connectivity index (χ2n) is 4.04. The van der Waals surface area contributed by atoms with Gasteiger partial charge in [-0.05, 0) is 18.6 Å². The zero-order valence-corrected chi connectivity index (χ0v) is 10.6. The minimum atomic E-state index is -0.563. The molecule has 0 aliphatic heterocycles. The molecule has 0 saturated carbocycles. The number of aryl methyl sites for hydroxylation is 1. The van der Waals surface area contributed by atoms with Gasteiger partial charge < -0.3 is 4.90 Å². The van der Waals surface area contributed by atoms with Gasteiger partial charge in [0.25, 0.3) is 0 Å². The van der Waals surface area contributed by atoms with Crippen LogP contribution >= 0.6 is 0 Å². The van der Waals surface area contributed by atoms with Gasteiger partial charge in [0, 0.05) is 13.1 Å². The first-order chi connectivity index (χ1) is 8.69. The number of halogens is 1. The summed E-state index contributed by atoms with van der Waals surface area (Å²) in [4.78, 5) is 13.1. The lowest BCUT2D eigenvalue weighted by Gasteiger charge is -2.19. The van der Waals surface area contributed by atoms with E-state index >= 15 is 0 Å². The average Bonchev–Trinajstić information content (AvgIpc) is 2.74. The van der Waals surface area contributed by atoms with Gasteiger partial charge in [0.2, 0.25) is 5.91 Å². The molecule has 96 valence electrons. The van der Waals surface area contributed by atoms with Gasteiger partial charge in [-0.15, -0.1) is 0 Å². The Balaban J connectivity index is 2.62. The van der Waals surface area contributed by atoms with Crippen LogP contribution < -0.4 is 4.90 Å². The molecule has 5 heteroatoms. The summed E-state index contributed by atoms with van der Waals surface area (Å²) in [7, 11) is 0. The summed E-state index contributed by atoms with van der Waals surface area (Å²) in [6, 6.07) is 5.64. The Labute approximate surface area is 105 Å². The Morgan fingerprint density at radius 1 is 1.50 bits per heavy atom. The fraction of sp³-hybridized carbons (Fsp3) is 0.385. The van der Waals surface area contributed by atoms with E-state index in [1.807, 2.05) is 31.3 Å². The smallest absolute Gasteiger partial charge is 0.224 e. The molecule has 0 bridgehead atoms. The van der Waals surface area contributed by atoms with Gasteiger partial charge in [-0.3, -0.25) is 4.79 Å². The van der Waals surface area contributed by atoms with Crippen molar-refractivity contribution in [3.05, 3.63) is 30.1 Å². The molecule has 2 aromatic rings. The monoisotopic (exact) mass is 249 g/mol. The summed E-state index contributed by atoms with van der Waals surface area (Å²) in [5.74, 6) is -0.166. The number of rotatable bonds is 4. The molecule has 0 spiro atoms. The molecule has 2 heterocycles. The van der Waals surface area contributed by atoms with Crippen molar-refractivity contribution in [1.82, 2.24) is 9.61 Å². The summed E-state index contributed by atoms with van der Waals surface area (Å²) in [6.45, 7) is 2.92. The van der Waals surface area contributed by atoms with E-state index in [1.165, 1.54) is 11.8 Å². The van der Waals surface area contributed by atoms with Gasteiger partial charge in [0.15, 0.2) is 0 Å². The lowest BCUT2D eigenvalue weighted by molar-refractivity contribution is -0.116. The highest BCUT2D eigenvalue weighted by atomic mass is 19.1. The highest BCUT2D eigenvalue weighted by Gasteiger charge is 2.20. The van der Waals surface area contributed by atoms with Crippen molar-refractivity contribution < 1.29 is 9.18 Å². The highest BCUT2D eigenvalue weighted by molar-refractivity contribution is 5.97. The molecular formula is C13H16FN3O. The van der Waals surface area contributed by atoms with Crippen molar-refractivity contribution >= 4 is 17.1 Å². The van der Waals surface area contributed by atoms with Crippen LogP contribution in [0.4, 0.5) is 10.1 Å². The number of amides is 1. The molecule has 0 saturated heterocycles. The number of carbonyl (C=O) groups is 1. The minimum absolute atomic E-state index is 0.0680. The van der Waals surface area contributed by atoms with Crippen molar-refractivity contribution in [2.45, 2.75) is 20.3 Å². The van der Waals surface area contributed by atoms with Crippen LogP contribution in [0.3, 0.4) is 0 Å². The van der Waals surface area contributed by atoms with Gasteiger partial charge >= 0.3 is 0 Å². The van der Waals surface area contributed by atoms with Crippen molar-refractivity contribution in [2.24, 2.45) is 0 Å². The van der Waals surface area contributed by atoms with Crippen molar-refractivity contribution in [3.63, 3.8) is 0 Å². The Kier molecular flexibility index (Phi) is 3.60. The lowest BCUT2D eigenvalue weighted by Crippen LogP contribution is -2.31. The van der Waals surface area contributed by atoms with E-state index in [-0.39, 0.29) is 12.5 Å². The summed E-state index contributed by atoms with van der Waals surface area (Å²) >= 11 is 0. The lowest BCUT2D eigenvalue weighted by atomic mass is 10.2. The maximum absolute atomic E-state index is 12.6. The Hall–Kier alpha value is -1.91. The van der Waals surface area contributed by atoms with Crippen molar-refractivity contribution in [3.8, 4) is 0 Å². The largest absolute Gasteiger partial charge is 0.306 e. The molecule has 0 aliphatic carbocycles. The average molecular weight is 249 g/mol. The predicted octanol–water partition coefficient (Wildman–Crippen LogP) is 2.22. The SMILES string of the molecule is CCc1nn2ccccc2c1N(CCF)C(C)=O. The second-order valence-corrected chi connectivity index (χ2v) is 4.04. The van der Waals surface area contributed by atoms with Crippen LogP contribution in [0.1, 0.15) is 19.5 Å². The number of hydrogen-bond donors (Lipinski definition) is 0. The number of pyridine rings is 1. The van der Waals surface area contributed by atoms with Gasteiger partial charge in [0.05, 0.1) is 23.4 Å². The molecule has 1 amide bonds. The fourth-order valence-electron chi connectivity index (χ4n) is 2.08. The van der Waals surface area contributed by atoms with E-state index in [1.54, 1.807) is 4.52 Å². The third kappa shape index (κ3) is 2.08. The fourth-order valence-corrected chi connectivity index (χ4v) is 2.08. The predicted molar refractivity (Wildman–Crippen MR) is 68.6 cm³/mol. The van der Waals surface area contributed by atoms with E-state index in [9.17, 15) is 9.18 Å². The molecule has 0 unspecified atom stereocenters. The maximum atomic E-state index is 12.6. The van der Waals surface area contributed by atoms with E-state index < -0.39 is 6.67 Å². The third-order valence-electron chi connectivity index (χ3n) is 2.88. The molecule has 2 aromatic heterocycles. The quantitative estimate of drug-likeness (QED) is 0.833. The highest BCUT2D eigenvalue weighted by Crippen LogP contribution is 2.26. The number of hydrogen-bond acceptors (Lipinski definition) is 2. The number of carbonyl (C=O) groups excluding carboxylic acids is 1. The van der Waals surface area contributed by atoms with Gasteiger partial charge in [-0.25, -0.2) is 8.91 Å². The third-order valence-corrected chi connectivity index (χ3v) is 2.88. The van der Waals surface area contributed by atoms with E-state index in [4.69, 9.17) is 0 Å². The Bertz CT molecular complexity index is 564. The molecule has 0 N–H and O–H groups in total. The molecule has 18 heavy (non-hydrogen) atoms. The zero-order chi connectivity index (χ0) is 13.1. The van der Waals surface area contributed by atoms with Crippen LogP contribution in [0.5, 0.6) is 0 Å². The van der Waals surface area contributed by atoms with Crippen LogP contribution in [0.25, 0.3) is 5.52 Å². The first kappa shape index (κ1) is 12.5. The van der Waals surface area contributed by atoms with E-state index in [0.29, 0.717) is 6.42 Å². The van der Waals surface area contributed by atoms with Crippen LogP contribution in [-0.2, 0) is 11.2 Å². The summed E-state index contributed by atoms with van der Waals surface area (Å²) in [6.07, 6.45) is 2.53. The van der Waals surface area contributed by atoms with Gasteiger partial charge in [-0.1, -0.05) is 13.0 Å². The van der Waals surface area contributed by atoms with Gasteiger partial charge in [-0.2, -0.15) is 5.10 Å². The van der Waals surface area contributed by atoms with Crippen LogP contribution in [0.2, 0.25) is 0 Å². The second kappa shape index (κ2) is 5.16. The van der Waals surface area contributed by atoms with E-state index in [0.717, 1.165) is 16.9 Å². The molecule has 0 aromatic carbocycles.